The quantitative estimate of drug-likeness (QED) is 0.778. The zero-order valence-electron chi connectivity index (χ0n) is 9.00. The summed E-state index contributed by atoms with van der Waals surface area (Å²) in [7, 11) is 1.69. The second-order valence-corrected chi connectivity index (χ2v) is 4.73. The molecular weight excluding hydrogens is 174 g/mol. The molecule has 2 N–H and O–H groups in total. The first kappa shape index (κ1) is 9.53. The molecule has 1 fully saturated rings. The van der Waals surface area contributed by atoms with Gasteiger partial charge in [-0.25, -0.2) is 0 Å². The Labute approximate surface area is 85.1 Å². The third-order valence-corrected chi connectivity index (χ3v) is 3.39. The lowest BCUT2D eigenvalue weighted by atomic mass is 9.96. The van der Waals surface area contributed by atoms with Gasteiger partial charge >= 0.3 is 0 Å². The van der Waals surface area contributed by atoms with Crippen LogP contribution in [0.2, 0.25) is 0 Å². The Bertz CT molecular complexity index is 359. The Kier molecular flexibility index (Phi) is 1.86. The van der Waals surface area contributed by atoms with Crippen LogP contribution in [0.3, 0.4) is 0 Å². The van der Waals surface area contributed by atoms with E-state index in [4.69, 9.17) is 10.5 Å². The number of benzene rings is 1. The highest BCUT2D eigenvalue weighted by Gasteiger charge is 2.60. The molecule has 1 aromatic carbocycles. The topological polar surface area (TPSA) is 35.2 Å². The highest BCUT2D eigenvalue weighted by Crippen LogP contribution is 2.61. The van der Waals surface area contributed by atoms with Crippen molar-refractivity contribution in [2.75, 3.05) is 7.11 Å². The van der Waals surface area contributed by atoms with Gasteiger partial charge in [0.15, 0.2) is 0 Å². The molecule has 0 heterocycles. The Morgan fingerprint density at radius 3 is 2.36 bits per heavy atom. The molecule has 0 amide bonds. The Hall–Kier alpha value is -1.02. The fraction of sp³-hybridized carbons (Fsp3) is 0.500. The second-order valence-electron chi connectivity index (χ2n) is 4.73. The van der Waals surface area contributed by atoms with Crippen LogP contribution < -0.4 is 10.5 Å². The highest BCUT2D eigenvalue weighted by molar-refractivity contribution is 5.45. The zero-order valence-corrected chi connectivity index (χ0v) is 9.00. The summed E-state index contributed by atoms with van der Waals surface area (Å²) in [5.41, 5.74) is 7.48. The van der Waals surface area contributed by atoms with Crippen molar-refractivity contribution in [1.82, 2.24) is 0 Å². The van der Waals surface area contributed by atoms with Gasteiger partial charge < -0.3 is 10.5 Å². The van der Waals surface area contributed by atoms with Crippen molar-refractivity contribution in [3.63, 3.8) is 0 Å². The van der Waals surface area contributed by atoms with Crippen LogP contribution in [0.25, 0.3) is 0 Å². The first-order valence-corrected chi connectivity index (χ1v) is 4.94. The van der Waals surface area contributed by atoms with Crippen molar-refractivity contribution in [3.8, 4) is 5.75 Å². The van der Waals surface area contributed by atoms with Gasteiger partial charge in [-0.1, -0.05) is 32.0 Å². The Morgan fingerprint density at radius 1 is 1.29 bits per heavy atom. The maximum Gasteiger partial charge on any atom is 0.123 e. The van der Waals surface area contributed by atoms with Crippen molar-refractivity contribution in [3.05, 3.63) is 29.8 Å². The van der Waals surface area contributed by atoms with E-state index in [1.165, 1.54) is 0 Å². The minimum Gasteiger partial charge on any atom is -0.496 e. The molecular formula is C12H17NO. The van der Waals surface area contributed by atoms with Crippen molar-refractivity contribution >= 4 is 0 Å². The fourth-order valence-electron chi connectivity index (χ4n) is 2.13. The van der Waals surface area contributed by atoms with Crippen LogP contribution in [0.15, 0.2) is 24.3 Å². The summed E-state index contributed by atoms with van der Waals surface area (Å²) in [5, 5.41) is 0. The van der Waals surface area contributed by atoms with E-state index in [9.17, 15) is 0 Å². The lowest BCUT2D eigenvalue weighted by Gasteiger charge is -2.18. The molecule has 1 saturated carbocycles. The molecule has 0 radical (unpaired) electrons. The first-order valence-electron chi connectivity index (χ1n) is 4.94. The van der Waals surface area contributed by atoms with Gasteiger partial charge in [-0.05, 0) is 17.9 Å². The van der Waals surface area contributed by atoms with E-state index in [1.807, 2.05) is 18.2 Å². The average Bonchev–Trinajstić information content (AvgIpc) is 2.67. The SMILES string of the molecule is COc1ccccc1C1(N)CC1(C)C. The molecule has 1 unspecified atom stereocenters. The summed E-state index contributed by atoms with van der Waals surface area (Å²) in [6.07, 6.45) is 1.03. The Balaban J connectivity index is 2.43. The van der Waals surface area contributed by atoms with Crippen LogP contribution in [0.4, 0.5) is 0 Å². The number of para-hydroxylation sites is 1. The molecule has 76 valence electrons. The van der Waals surface area contributed by atoms with E-state index in [0.29, 0.717) is 0 Å². The van der Waals surface area contributed by atoms with Crippen molar-refractivity contribution in [1.29, 1.82) is 0 Å². The van der Waals surface area contributed by atoms with Crippen LogP contribution in [-0.2, 0) is 5.54 Å². The molecule has 0 aromatic heterocycles. The van der Waals surface area contributed by atoms with Crippen LogP contribution in [0.5, 0.6) is 5.75 Å². The second kappa shape index (κ2) is 2.74. The predicted octanol–water partition coefficient (Wildman–Crippen LogP) is 2.28. The van der Waals surface area contributed by atoms with E-state index in [1.54, 1.807) is 7.11 Å². The molecule has 1 aromatic rings. The number of nitrogens with two attached hydrogens (primary N) is 1. The van der Waals surface area contributed by atoms with E-state index >= 15 is 0 Å². The molecule has 0 spiro atoms. The highest BCUT2D eigenvalue weighted by atomic mass is 16.5. The molecule has 1 aliphatic carbocycles. The standard InChI is InChI=1S/C12H17NO/c1-11(2)8-12(11,13)9-6-4-5-7-10(9)14-3/h4-7H,8,13H2,1-3H3. The van der Waals surface area contributed by atoms with Gasteiger partial charge in [0.2, 0.25) is 0 Å². The summed E-state index contributed by atoms with van der Waals surface area (Å²) < 4.78 is 5.33. The summed E-state index contributed by atoms with van der Waals surface area (Å²) >= 11 is 0. The maximum atomic E-state index is 6.34. The van der Waals surface area contributed by atoms with Gasteiger partial charge in [-0.3, -0.25) is 0 Å². The fourth-order valence-corrected chi connectivity index (χ4v) is 2.13. The molecule has 2 nitrogen and oxygen atoms in total. The van der Waals surface area contributed by atoms with Crippen LogP contribution in [0, 0.1) is 5.41 Å². The monoisotopic (exact) mass is 191 g/mol. The van der Waals surface area contributed by atoms with Gasteiger partial charge in [0, 0.05) is 5.56 Å². The molecule has 2 heteroatoms. The molecule has 14 heavy (non-hydrogen) atoms. The number of rotatable bonds is 2. The van der Waals surface area contributed by atoms with E-state index < -0.39 is 0 Å². The molecule has 0 saturated heterocycles. The number of ether oxygens (including phenoxy) is 1. The predicted molar refractivity (Wildman–Crippen MR) is 57.3 cm³/mol. The summed E-state index contributed by atoms with van der Waals surface area (Å²) in [4.78, 5) is 0. The molecule has 0 aliphatic heterocycles. The van der Waals surface area contributed by atoms with Crippen LogP contribution in [-0.4, -0.2) is 7.11 Å². The largest absolute Gasteiger partial charge is 0.496 e. The van der Waals surface area contributed by atoms with E-state index in [0.717, 1.165) is 17.7 Å². The lowest BCUT2D eigenvalue weighted by molar-refractivity contribution is 0.396. The van der Waals surface area contributed by atoms with Gasteiger partial charge in [-0.2, -0.15) is 0 Å². The van der Waals surface area contributed by atoms with Crippen LogP contribution in [0.1, 0.15) is 25.8 Å². The number of hydrogen-bond acceptors (Lipinski definition) is 2. The molecule has 1 atom stereocenters. The van der Waals surface area contributed by atoms with Crippen molar-refractivity contribution in [2.45, 2.75) is 25.8 Å². The summed E-state index contributed by atoms with van der Waals surface area (Å²) in [6, 6.07) is 8.02. The zero-order chi connectivity index (χ0) is 10.4. The lowest BCUT2D eigenvalue weighted by Crippen LogP contribution is -2.26. The smallest absolute Gasteiger partial charge is 0.123 e. The summed E-state index contributed by atoms with van der Waals surface area (Å²) in [6.45, 7) is 4.39. The minimum atomic E-state index is -0.195. The molecule has 0 bridgehead atoms. The van der Waals surface area contributed by atoms with Gasteiger partial charge in [-0.15, -0.1) is 0 Å². The summed E-state index contributed by atoms with van der Waals surface area (Å²) in [5.74, 6) is 0.903. The Morgan fingerprint density at radius 2 is 1.86 bits per heavy atom. The minimum absolute atomic E-state index is 0.195. The third kappa shape index (κ3) is 1.14. The molecule has 1 aliphatic rings. The average molecular weight is 191 g/mol. The van der Waals surface area contributed by atoms with E-state index in [2.05, 4.69) is 19.9 Å². The first-order chi connectivity index (χ1) is 6.51. The molecule has 2 rings (SSSR count). The van der Waals surface area contributed by atoms with Crippen LogP contribution >= 0.6 is 0 Å². The van der Waals surface area contributed by atoms with Crippen molar-refractivity contribution in [2.24, 2.45) is 11.1 Å². The van der Waals surface area contributed by atoms with Crippen molar-refractivity contribution < 1.29 is 4.74 Å². The van der Waals surface area contributed by atoms with E-state index in [-0.39, 0.29) is 11.0 Å². The van der Waals surface area contributed by atoms with Gasteiger partial charge in [0.05, 0.1) is 12.6 Å². The number of methoxy groups -OCH3 is 1. The third-order valence-electron chi connectivity index (χ3n) is 3.39. The number of hydrogen-bond donors (Lipinski definition) is 1. The van der Waals surface area contributed by atoms with Gasteiger partial charge in [0.1, 0.15) is 5.75 Å². The maximum absolute atomic E-state index is 6.34. The van der Waals surface area contributed by atoms with Gasteiger partial charge in [0.25, 0.3) is 0 Å². The normalized spacial score (nSPS) is 28.6.